The van der Waals surface area contributed by atoms with Gasteiger partial charge >= 0.3 is 0 Å². The Hall–Kier alpha value is -3.28. The lowest BCUT2D eigenvalue weighted by Gasteiger charge is -2.02. The number of phenolic OH excluding ortho intramolecular Hbond substituents is 2. The summed E-state index contributed by atoms with van der Waals surface area (Å²) in [6.07, 6.45) is 0. The third-order valence-electron chi connectivity index (χ3n) is 3.55. The van der Waals surface area contributed by atoms with E-state index in [9.17, 15) is 10.2 Å². The standard InChI is InChI=1S/C17H12N2O4/c20-14-6-10-1-2-12(5-11(10)7-15(14)21)18-19-13-3-4-16-17(8-13)23-9-22-16/h1-8,20-21H,9H2. The number of aromatic hydroxyl groups is 2. The average molecular weight is 308 g/mol. The van der Waals surface area contributed by atoms with Gasteiger partial charge in [-0.05, 0) is 47.2 Å². The third kappa shape index (κ3) is 2.50. The van der Waals surface area contributed by atoms with E-state index in [-0.39, 0.29) is 18.3 Å². The van der Waals surface area contributed by atoms with Gasteiger partial charge in [-0.1, -0.05) is 6.07 Å². The van der Waals surface area contributed by atoms with E-state index in [0.29, 0.717) is 22.9 Å². The van der Waals surface area contributed by atoms with Gasteiger partial charge in [-0.25, -0.2) is 0 Å². The van der Waals surface area contributed by atoms with Crippen LogP contribution in [-0.2, 0) is 0 Å². The van der Waals surface area contributed by atoms with Gasteiger partial charge in [0.15, 0.2) is 23.0 Å². The lowest BCUT2D eigenvalue weighted by molar-refractivity contribution is 0.174. The number of fused-ring (bicyclic) bond motifs is 2. The fourth-order valence-electron chi connectivity index (χ4n) is 2.39. The van der Waals surface area contributed by atoms with E-state index in [4.69, 9.17) is 9.47 Å². The van der Waals surface area contributed by atoms with Crippen LogP contribution in [0.2, 0.25) is 0 Å². The Kier molecular flexibility index (Phi) is 3.01. The van der Waals surface area contributed by atoms with Crippen molar-refractivity contribution >= 4 is 22.1 Å². The topological polar surface area (TPSA) is 83.6 Å². The predicted octanol–water partition coefficient (Wildman–Crippen LogP) is 4.40. The van der Waals surface area contributed by atoms with E-state index in [2.05, 4.69) is 10.2 Å². The summed E-state index contributed by atoms with van der Waals surface area (Å²) in [5.41, 5.74) is 1.29. The van der Waals surface area contributed by atoms with E-state index < -0.39 is 0 Å². The van der Waals surface area contributed by atoms with E-state index in [0.717, 1.165) is 10.8 Å². The molecule has 1 heterocycles. The van der Waals surface area contributed by atoms with Gasteiger partial charge in [0.25, 0.3) is 0 Å². The monoisotopic (exact) mass is 308 g/mol. The maximum atomic E-state index is 9.58. The van der Waals surface area contributed by atoms with E-state index >= 15 is 0 Å². The van der Waals surface area contributed by atoms with Crippen molar-refractivity contribution in [1.29, 1.82) is 0 Å². The largest absolute Gasteiger partial charge is 0.504 e. The summed E-state index contributed by atoms with van der Waals surface area (Å²) >= 11 is 0. The quantitative estimate of drug-likeness (QED) is 0.543. The predicted molar refractivity (Wildman–Crippen MR) is 84.0 cm³/mol. The van der Waals surface area contributed by atoms with Crippen molar-refractivity contribution in [2.75, 3.05) is 6.79 Å². The second-order valence-electron chi connectivity index (χ2n) is 5.11. The molecule has 0 aliphatic carbocycles. The van der Waals surface area contributed by atoms with Gasteiger partial charge in [0, 0.05) is 6.07 Å². The lowest BCUT2D eigenvalue weighted by atomic mass is 10.1. The van der Waals surface area contributed by atoms with E-state index in [1.54, 1.807) is 30.3 Å². The maximum absolute atomic E-state index is 9.58. The van der Waals surface area contributed by atoms with Gasteiger partial charge in [0.05, 0.1) is 11.4 Å². The number of azo groups is 1. The number of benzene rings is 3. The van der Waals surface area contributed by atoms with Crippen LogP contribution in [0.5, 0.6) is 23.0 Å². The fourth-order valence-corrected chi connectivity index (χ4v) is 2.39. The Labute approximate surface area is 131 Å². The van der Waals surface area contributed by atoms with Crippen LogP contribution in [0.15, 0.2) is 58.8 Å². The van der Waals surface area contributed by atoms with Gasteiger partial charge in [-0.3, -0.25) is 0 Å². The van der Waals surface area contributed by atoms with Crippen LogP contribution in [0.3, 0.4) is 0 Å². The molecule has 3 aromatic carbocycles. The number of hydrogen-bond acceptors (Lipinski definition) is 6. The minimum Gasteiger partial charge on any atom is -0.504 e. The summed E-state index contributed by atoms with van der Waals surface area (Å²) in [6, 6.07) is 13.7. The molecule has 0 spiro atoms. The van der Waals surface area contributed by atoms with Crippen molar-refractivity contribution < 1.29 is 19.7 Å². The van der Waals surface area contributed by atoms with Crippen molar-refractivity contribution in [2.24, 2.45) is 10.2 Å². The van der Waals surface area contributed by atoms with Gasteiger partial charge in [-0.2, -0.15) is 10.2 Å². The third-order valence-corrected chi connectivity index (χ3v) is 3.55. The SMILES string of the molecule is Oc1cc2ccc(N=Nc3ccc4c(c3)OCO4)cc2cc1O. The molecule has 0 fully saturated rings. The molecule has 0 atom stereocenters. The minimum atomic E-state index is -0.164. The second-order valence-corrected chi connectivity index (χ2v) is 5.11. The normalized spacial score (nSPS) is 13.0. The van der Waals surface area contributed by atoms with Crippen LogP contribution in [0.4, 0.5) is 11.4 Å². The smallest absolute Gasteiger partial charge is 0.231 e. The first-order valence-electron chi connectivity index (χ1n) is 6.96. The molecule has 0 aromatic heterocycles. The van der Waals surface area contributed by atoms with E-state index in [1.165, 1.54) is 12.1 Å². The van der Waals surface area contributed by atoms with Gasteiger partial charge in [0.1, 0.15) is 0 Å². The highest BCUT2D eigenvalue weighted by Crippen LogP contribution is 2.36. The van der Waals surface area contributed by atoms with Crippen LogP contribution >= 0.6 is 0 Å². The second kappa shape index (κ2) is 5.17. The fraction of sp³-hybridized carbons (Fsp3) is 0.0588. The minimum absolute atomic E-state index is 0.146. The summed E-state index contributed by atoms with van der Waals surface area (Å²) in [4.78, 5) is 0. The van der Waals surface area contributed by atoms with Crippen molar-refractivity contribution in [2.45, 2.75) is 0 Å². The number of nitrogens with zero attached hydrogens (tertiary/aromatic N) is 2. The maximum Gasteiger partial charge on any atom is 0.231 e. The lowest BCUT2D eigenvalue weighted by Crippen LogP contribution is -1.92. The molecule has 23 heavy (non-hydrogen) atoms. The van der Waals surface area contributed by atoms with E-state index in [1.807, 2.05) is 6.07 Å². The summed E-state index contributed by atoms with van der Waals surface area (Å²) in [5, 5.41) is 29.0. The van der Waals surface area contributed by atoms with Crippen LogP contribution in [-0.4, -0.2) is 17.0 Å². The number of ether oxygens (including phenoxy) is 2. The van der Waals surface area contributed by atoms with Gasteiger partial charge < -0.3 is 19.7 Å². The zero-order valence-corrected chi connectivity index (χ0v) is 11.9. The zero-order valence-electron chi connectivity index (χ0n) is 11.9. The molecule has 3 aromatic rings. The molecule has 0 amide bonds. The molecule has 4 rings (SSSR count). The van der Waals surface area contributed by atoms with Crippen LogP contribution in [0.1, 0.15) is 0 Å². The number of hydrogen-bond donors (Lipinski definition) is 2. The highest BCUT2D eigenvalue weighted by Gasteiger charge is 2.12. The molecular formula is C17H12N2O4. The molecular weight excluding hydrogens is 296 g/mol. The van der Waals surface area contributed by atoms with Crippen LogP contribution < -0.4 is 9.47 Å². The Bertz CT molecular complexity index is 937. The van der Waals surface area contributed by atoms with Gasteiger partial charge in [-0.15, -0.1) is 0 Å². The highest BCUT2D eigenvalue weighted by atomic mass is 16.7. The Morgan fingerprint density at radius 2 is 1.35 bits per heavy atom. The summed E-state index contributed by atoms with van der Waals surface area (Å²) in [7, 11) is 0. The summed E-state index contributed by atoms with van der Waals surface area (Å²) in [5.74, 6) is 1.04. The average Bonchev–Trinajstić information content (AvgIpc) is 3.01. The molecule has 0 bridgehead atoms. The molecule has 6 heteroatoms. The number of rotatable bonds is 2. The molecule has 0 unspecified atom stereocenters. The molecule has 2 N–H and O–H groups in total. The molecule has 114 valence electrons. The Morgan fingerprint density at radius 1 is 0.696 bits per heavy atom. The molecule has 0 radical (unpaired) electrons. The molecule has 1 aliphatic heterocycles. The molecule has 6 nitrogen and oxygen atoms in total. The van der Waals surface area contributed by atoms with Gasteiger partial charge in [0.2, 0.25) is 6.79 Å². The Morgan fingerprint density at radius 3 is 2.17 bits per heavy atom. The van der Waals surface area contributed by atoms with Crippen molar-refractivity contribution in [3.05, 3.63) is 48.5 Å². The van der Waals surface area contributed by atoms with Crippen molar-refractivity contribution in [1.82, 2.24) is 0 Å². The summed E-state index contributed by atoms with van der Waals surface area (Å²) < 4.78 is 10.5. The first-order valence-corrected chi connectivity index (χ1v) is 6.96. The Balaban J connectivity index is 1.65. The van der Waals surface area contributed by atoms with Crippen molar-refractivity contribution in [3.63, 3.8) is 0 Å². The number of phenols is 2. The zero-order chi connectivity index (χ0) is 15.8. The first kappa shape index (κ1) is 13.4. The molecule has 0 saturated heterocycles. The van der Waals surface area contributed by atoms with Crippen LogP contribution in [0.25, 0.3) is 10.8 Å². The van der Waals surface area contributed by atoms with Crippen LogP contribution in [0, 0.1) is 0 Å². The molecule has 1 aliphatic rings. The summed E-state index contributed by atoms with van der Waals surface area (Å²) in [6.45, 7) is 0.219. The first-order chi connectivity index (χ1) is 11.2. The highest BCUT2D eigenvalue weighted by molar-refractivity contribution is 5.88. The van der Waals surface area contributed by atoms with Crippen molar-refractivity contribution in [3.8, 4) is 23.0 Å². The molecule has 0 saturated carbocycles.